The van der Waals surface area contributed by atoms with Gasteiger partial charge in [-0.1, -0.05) is 66.2 Å². The van der Waals surface area contributed by atoms with E-state index in [0.29, 0.717) is 11.8 Å². The molecule has 6 nitrogen and oxygen atoms in total. The second-order valence-corrected chi connectivity index (χ2v) is 7.28. The zero-order valence-corrected chi connectivity index (χ0v) is 19.2. The maximum absolute atomic E-state index is 11.8. The van der Waals surface area contributed by atoms with Gasteiger partial charge in [-0.15, -0.1) is 0 Å². The van der Waals surface area contributed by atoms with Gasteiger partial charge in [0.15, 0.2) is 0 Å². The second-order valence-electron chi connectivity index (χ2n) is 5.87. The topological polar surface area (TPSA) is 122 Å². The van der Waals surface area contributed by atoms with E-state index < -0.39 is 7.82 Å². The van der Waals surface area contributed by atoms with Crippen molar-refractivity contribution in [3.05, 3.63) is 0 Å². The molecule has 8 heteroatoms. The fourth-order valence-corrected chi connectivity index (χ4v) is 3.09. The summed E-state index contributed by atoms with van der Waals surface area (Å²) >= 11 is 0. The predicted octanol–water partition coefficient (Wildman–Crippen LogP) is 0.275. The molecule has 144 valence electrons. The first-order valence-corrected chi connectivity index (χ1v) is 10.0. The molecule has 2 unspecified atom stereocenters. The van der Waals surface area contributed by atoms with Crippen LogP contribution < -0.4 is 34.5 Å². The molecule has 0 aromatic rings. The van der Waals surface area contributed by atoms with Crippen molar-refractivity contribution < 1.29 is 59.0 Å². The monoisotopic (exact) mass is 380 g/mol. The van der Waals surface area contributed by atoms with Gasteiger partial charge in [-0.3, -0.25) is 4.57 Å². The summed E-state index contributed by atoms with van der Waals surface area (Å²) in [4.78, 5) is 11.8. The zero-order valence-electron chi connectivity index (χ0n) is 16.3. The van der Waals surface area contributed by atoms with Crippen molar-refractivity contribution in [3.8, 4) is 0 Å². The van der Waals surface area contributed by atoms with Gasteiger partial charge in [-0.25, -0.2) is 0 Å². The maximum Gasteiger partial charge on any atom is 1.00 e. The predicted molar refractivity (Wildman–Crippen MR) is 93.4 cm³/mol. The third-order valence-electron chi connectivity index (χ3n) is 4.02. The normalized spacial score (nSPS) is 15.2. The molecule has 0 bridgehead atoms. The summed E-state index contributed by atoms with van der Waals surface area (Å²) in [5.41, 5.74) is 0. The average molecular weight is 380 g/mol. The SMILES string of the molecule is CCCCC(CC)COP(=O)([O-])OCC(CC)CCCC.O.O.[Na+]. The summed E-state index contributed by atoms with van der Waals surface area (Å²) in [5.74, 6) is 0.607. The maximum atomic E-state index is 11.8. The fraction of sp³-hybridized carbons (Fsp3) is 1.00. The molecule has 0 aliphatic carbocycles. The molecule has 24 heavy (non-hydrogen) atoms. The first-order chi connectivity index (χ1) is 9.99. The van der Waals surface area contributed by atoms with Gasteiger partial charge in [0.25, 0.3) is 7.82 Å². The molecule has 0 fully saturated rings. The van der Waals surface area contributed by atoms with Crippen LogP contribution in [0.4, 0.5) is 0 Å². The molecule has 0 aromatic heterocycles. The Labute approximate surface area is 170 Å². The van der Waals surface area contributed by atoms with Crippen LogP contribution in [0.5, 0.6) is 0 Å². The molecule has 0 rings (SSSR count). The van der Waals surface area contributed by atoms with E-state index in [1.54, 1.807) is 0 Å². The Bertz CT molecular complexity index is 270. The van der Waals surface area contributed by atoms with Gasteiger partial charge in [-0.05, 0) is 24.7 Å². The molecule has 0 heterocycles. The number of rotatable bonds is 14. The van der Waals surface area contributed by atoms with E-state index in [9.17, 15) is 9.46 Å². The summed E-state index contributed by atoms with van der Waals surface area (Å²) in [6.45, 7) is 8.91. The van der Waals surface area contributed by atoms with Gasteiger partial charge in [0, 0.05) is 0 Å². The van der Waals surface area contributed by atoms with Crippen LogP contribution in [-0.2, 0) is 13.6 Å². The van der Waals surface area contributed by atoms with E-state index in [-0.39, 0.29) is 53.7 Å². The van der Waals surface area contributed by atoms with Gasteiger partial charge in [0.1, 0.15) is 0 Å². The summed E-state index contributed by atoms with van der Waals surface area (Å²) in [6.07, 6.45) is 8.38. The van der Waals surface area contributed by atoms with Gasteiger partial charge in [0.05, 0.1) is 13.2 Å². The van der Waals surface area contributed by atoms with Crippen molar-refractivity contribution in [1.82, 2.24) is 0 Å². The first kappa shape index (κ1) is 32.7. The van der Waals surface area contributed by atoms with Gasteiger partial charge in [0.2, 0.25) is 0 Å². The van der Waals surface area contributed by atoms with E-state index in [4.69, 9.17) is 9.05 Å². The van der Waals surface area contributed by atoms with E-state index >= 15 is 0 Å². The average Bonchev–Trinajstić information content (AvgIpc) is 2.47. The van der Waals surface area contributed by atoms with Crippen molar-refractivity contribution in [2.75, 3.05) is 13.2 Å². The summed E-state index contributed by atoms with van der Waals surface area (Å²) in [7, 11) is -4.14. The number of hydrogen-bond donors (Lipinski definition) is 0. The molecule has 0 aliphatic heterocycles. The third kappa shape index (κ3) is 17.8. The molecule has 0 saturated carbocycles. The quantitative estimate of drug-likeness (QED) is 0.317. The minimum Gasteiger partial charge on any atom is -0.756 e. The molecule has 0 aliphatic rings. The third-order valence-corrected chi connectivity index (χ3v) is 4.95. The summed E-state index contributed by atoms with van der Waals surface area (Å²) < 4.78 is 21.9. The first-order valence-electron chi connectivity index (χ1n) is 8.59. The van der Waals surface area contributed by atoms with Crippen molar-refractivity contribution >= 4 is 7.82 Å². The second kappa shape index (κ2) is 20.3. The molecular weight excluding hydrogens is 342 g/mol. The van der Waals surface area contributed by atoms with Crippen LogP contribution in [0.15, 0.2) is 0 Å². The Morgan fingerprint density at radius 3 is 1.42 bits per heavy atom. The summed E-state index contributed by atoms with van der Waals surface area (Å²) in [6, 6.07) is 0. The number of phosphoric ester groups is 1. The number of hydrogen-bond acceptors (Lipinski definition) is 4. The molecule has 0 spiro atoms. The van der Waals surface area contributed by atoms with Crippen LogP contribution in [-0.4, -0.2) is 24.2 Å². The van der Waals surface area contributed by atoms with Crippen LogP contribution in [0, 0.1) is 11.8 Å². The van der Waals surface area contributed by atoms with Crippen LogP contribution >= 0.6 is 7.82 Å². The minimum atomic E-state index is -4.14. The van der Waals surface area contributed by atoms with Crippen molar-refractivity contribution in [1.29, 1.82) is 0 Å². The number of unbranched alkanes of at least 4 members (excludes halogenated alkanes) is 2. The molecule has 2 atom stereocenters. The molecule has 0 saturated heterocycles. The Morgan fingerprint density at radius 2 is 1.17 bits per heavy atom. The van der Waals surface area contributed by atoms with E-state index in [0.717, 1.165) is 51.4 Å². The standard InChI is InChI=1S/C16H35O4P.Na.2H2O/c1-5-9-11-15(7-3)13-19-21(17,18)20-14-16(8-4)12-10-6-2;;;/h15-16H,5-14H2,1-4H3,(H,17,18);;2*1H2/q;+1;;/p-1. The largest absolute Gasteiger partial charge is 1.00 e. The molecule has 4 N–H and O–H groups in total. The molecule has 0 amide bonds. The smallest absolute Gasteiger partial charge is 0.756 e. The van der Waals surface area contributed by atoms with Crippen LogP contribution in [0.2, 0.25) is 0 Å². The van der Waals surface area contributed by atoms with Gasteiger partial charge in [-0.2, -0.15) is 0 Å². The van der Waals surface area contributed by atoms with Crippen LogP contribution in [0.1, 0.15) is 79.1 Å². The minimum absolute atomic E-state index is 0. The molecule has 0 radical (unpaired) electrons. The van der Waals surface area contributed by atoms with Gasteiger partial charge < -0.3 is 24.9 Å². The van der Waals surface area contributed by atoms with Crippen molar-refractivity contribution in [2.24, 2.45) is 11.8 Å². The zero-order chi connectivity index (χ0) is 16.1. The Kier molecular flexibility index (Phi) is 27.7. The van der Waals surface area contributed by atoms with E-state index in [2.05, 4.69) is 27.7 Å². The van der Waals surface area contributed by atoms with E-state index in [1.165, 1.54) is 0 Å². The Hall–Kier alpha value is 1.03. The Morgan fingerprint density at radius 1 is 0.833 bits per heavy atom. The molecule has 0 aromatic carbocycles. The van der Waals surface area contributed by atoms with Crippen molar-refractivity contribution in [2.45, 2.75) is 79.1 Å². The van der Waals surface area contributed by atoms with Crippen LogP contribution in [0.3, 0.4) is 0 Å². The van der Waals surface area contributed by atoms with Gasteiger partial charge >= 0.3 is 29.6 Å². The van der Waals surface area contributed by atoms with Crippen molar-refractivity contribution in [3.63, 3.8) is 0 Å². The summed E-state index contributed by atoms with van der Waals surface area (Å²) in [5, 5.41) is 0. The number of phosphoric acid groups is 1. The fourth-order valence-electron chi connectivity index (χ4n) is 2.23. The van der Waals surface area contributed by atoms with Crippen LogP contribution in [0.25, 0.3) is 0 Å². The van der Waals surface area contributed by atoms with E-state index in [1.807, 2.05) is 0 Å². The molecular formula is C16H38NaO6P. The Balaban J connectivity index is -0.000000667.